The minimum absolute atomic E-state index is 0.0206. The van der Waals surface area contributed by atoms with Crippen LogP contribution in [0.2, 0.25) is 0 Å². The van der Waals surface area contributed by atoms with Gasteiger partial charge in [-0.1, -0.05) is 39.8 Å². The van der Waals surface area contributed by atoms with E-state index >= 15 is 0 Å². The highest BCUT2D eigenvalue weighted by Crippen LogP contribution is 2.45. The van der Waals surface area contributed by atoms with Gasteiger partial charge in [0.25, 0.3) is 11.8 Å². The average Bonchev–Trinajstić information content (AvgIpc) is 3.57. The van der Waals surface area contributed by atoms with E-state index in [2.05, 4.69) is 39.8 Å². The molecule has 1 fully saturated rings. The summed E-state index contributed by atoms with van der Waals surface area (Å²) in [6, 6.07) is 7.78. The lowest BCUT2D eigenvalue weighted by atomic mass is 9.79. The molecule has 0 radical (unpaired) electrons. The van der Waals surface area contributed by atoms with Crippen molar-refractivity contribution in [3.05, 3.63) is 59.2 Å². The number of esters is 1. The van der Waals surface area contributed by atoms with Crippen LogP contribution in [-0.4, -0.2) is 113 Å². The van der Waals surface area contributed by atoms with Crippen molar-refractivity contribution >= 4 is 29.7 Å². The van der Waals surface area contributed by atoms with E-state index in [0.29, 0.717) is 23.7 Å². The van der Waals surface area contributed by atoms with Gasteiger partial charge in [-0.05, 0) is 48.1 Å². The van der Waals surface area contributed by atoms with Gasteiger partial charge < -0.3 is 62.5 Å². The SMILES string of the molecule is CC(C)[C@H](N)C(=O)OCCOc1ccc(C(=O)NC[C@@H]2N=C(N)N3CC(NC(=O)c4cccc5c4OCCC5(C)C)C(O)(O)C34NC(N)=NC24)cc1. The number of benzene rings is 2. The van der Waals surface area contributed by atoms with Crippen LogP contribution in [-0.2, 0) is 14.9 Å². The minimum atomic E-state index is -2.66. The van der Waals surface area contributed by atoms with E-state index in [1.807, 2.05) is 19.9 Å². The average molecular weight is 722 g/mol. The maximum absolute atomic E-state index is 13.7. The highest BCUT2D eigenvalue weighted by molar-refractivity contribution is 5.98. The van der Waals surface area contributed by atoms with E-state index in [-0.39, 0.29) is 55.1 Å². The molecule has 1 spiro atoms. The molecule has 52 heavy (non-hydrogen) atoms. The molecular weight excluding hydrogens is 674 g/mol. The van der Waals surface area contributed by atoms with Gasteiger partial charge >= 0.3 is 5.97 Å². The number of guanidine groups is 2. The summed E-state index contributed by atoms with van der Waals surface area (Å²) in [5, 5.41) is 32.2. The topological polar surface area (TPSA) is 261 Å². The Morgan fingerprint density at radius 1 is 1.08 bits per heavy atom. The molecule has 0 bridgehead atoms. The fraction of sp³-hybridized carbons (Fsp3) is 0.514. The van der Waals surface area contributed by atoms with E-state index in [1.165, 1.54) is 4.90 Å². The zero-order valence-electron chi connectivity index (χ0n) is 29.6. The number of aliphatic hydroxyl groups is 2. The number of nitrogens with two attached hydrogens (primary N) is 3. The van der Waals surface area contributed by atoms with Gasteiger partial charge in [0.15, 0.2) is 17.6 Å². The van der Waals surface area contributed by atoms with Gasteiger partial charge in [-0.15, -0.1) is 0 Å². The van der Waals surface area contributed by atoms with E-state index in [0.717, 1.165) is 12.0 Å². The Morgan fingerprint density at radius 3 is 2.52 bits per heavy atom. The lowest BCUT2D eigenvalue weighted by Crippen LogP contribution is -2.78. The summed E-state index contributed by atoms with van der Waals surface area (Å²) in [5.74, 6) is -3.43. The minimum Gasteiger partial charge on any atom is -0.492 e. The van der Waals surface area contributed by atoms with Gasteiger partial charge in [0.2, 0.25) is 5.79 Å². The number of carbonyl (C=O) groups is 3. The molecule has 2 aromatic carbocycles. The molecule has 0 saturated carbocycles. The molecule has 1 saturated heterocycles. The number of fused-ring (bicyclic) bond motifs is 1. The molecule has 280 valence electrons. The van der Waals surface area contributed by atoms with E-state index < -0.39 is 53.4 Å². The smallest absolute Gasteiger partial charge is 0.323 e. The van der Waals surface area contributed by atoms with Crippen LogP contribution >= 0.6 is 0 Å². The number of nitrogens with zero attached hydrogens (tertiary/aromatic N) is 3. The highest BCUT2D eigenvalue weighted by Gasteiger charge is 2.73. The zero-order valence-corrected chi connectivity index (χ0v) is 29.6. The first-order chi connectivity index (χ1) is 24.6. The first kappa shape index (κ1) is 36.7. The maximum Gasteiger partial charge on any atom is 0.323 e. The van der Waals surface area contributed by atoms with Gasteiger partial charge in [0.05, 0.1) is 18.2 Å². The standard InChI is InChI=1S/C35H47N9O8/c1-18(2)25(36)30(47)52-15-14-50-20-10-8-19(9-11-20)28(45)39-16-23-27-34(43-31(37)42-27)35(48,49)24(17-44(34)32(38)40-23)41-29(46)21-6-5-7-22-26(21)51-13-12-33(22,3)4/h5-11,18,23-25,27,48-49H,12-17,36H2,1-4H3,(H2,38,40)(H,39,45)(H,41,46)(H3,37,42,43)/t23-,24?,25-,27?,34?/m0/s1. The van der Waals surface area contributed by atoms with Crippen LogP contribution in [0, 0.1) is 5.92 Å². The molecule has 2 amide bonds. The lowest BCUT2D eigenvalue weighted by Gasteiger charge is -2.49. The second kappa shape index (κ2) is 13.8. The maximum atomic E-state index is 13.7. The van der Waals surface area contributed by atoms with Gasteiger partial charge in [-0.2, -0.15) is 0 Å². The number of hydrogen-bond donors (Lipinski definition) is 8. The molecule has 0 aromatic heterocycles. The van der Waals surface area contributed by atoms with Crippen LogP contribution in [0.25, 0.3) is 0 Å². The van der Waals surface area contributed by atoms with Crippen LogP contribution in [0.4, 0.5) is 0 Å². The Hall–Kier alpha value is -5.13. The Labute approximate surface area is 300 Å². The zero-order chi connectivity index (χ0) is 37.6. The van der Waals surface area contributed by atoms with E-state index in [4.69, 9.17) is 31.4 Å². The van der Waals surface area contributed by atoms with Crippen LogP contribution in [0.15, 0.2) is 52.4 Å². The molecule has 4 aliphatic heterocycles. The molecule has 6 rings (SSSR count). The van der Waals surface area contributed by atoms with Crippen LogP contribution in [0.5, 0.6) is 11.5 Å². The largest absolute Gasteiger partial charge is 0.492 e. The van der Waals surface area contributed by atoms with Gasteiger partial charge in [-0.3, -0.25) is 14.4 Å². The summed E-state index contributed by atoms with van der Waals surface area (Å²) in [4.78, 5) is 49.2. The van der Waals surface area contributed by atoms with E-state index in [9.17, 15) is 24.6 Å². The first-order valence-corrected chi connectivity index (χ1v) is 17.2. The second-order valence-electron chi connectivity index (χ2n) is 14.5. The third-order valence-corrected chi connectivity index (χ3v) is 10.2. The lowest BCUT2D eigenvalue weighted by molar-refractivity contribution is -0.230. The summed E-state index contributed by atoms with van der Waals surface area (Å²) in [6.07, 6.45) is 0.786. The van der Waals surface area contributed by atoms with Crippen molar-refractivity contribution in [2.45, 2.75) is 75.1 Å². The quantitative estimate of drug-likeness (QED) is 0.0776. The van der Waals surface area contributed by atoms with Crippen LogP contribution in [0.3, 0.4) is 0 Å². The fourth-order valence-electron chi connectivity index (χ4n) is 7.11. The molecular formula is C35H47N9O8. The monoisotopic (exact) mass is 721 g/mol. The van der Waals surface area contributed by atoms with Gasteiger partial charge in [0, 0.05) is 24.2 Å². The van der Waals surface area contributed by atoms with Gasteiger partial charge in [-0.25, -0.2) is 9.98 Å². The van der Waals surface area contributed by atoms with Crippen molar-refractivity contribution in [3.8, 4) is 11.5 Å². The van der Waals surface area contributed by atoms with Crippen molar-refractivity contribution < 1.29 is 38.8 Å². The van der Waals surface area contributed by atoms with Crippen LogP contribution in [0.1, 0.15) is 60.4 Å². The number of nitrogens with one attached hydrogen (secondary N) is 3. The summed E-state index contributed by atoms with van der Waals surface area (Å²) in [5.41, 5.74) is 17.8. The Morgan fingerprint density at radius 2 is 1.81 bits per heavy atom. The number of carbonyl (C=O) groups excluding carboxylic acids is 3. The van der Waals surface area contributed by atoms with Crippen LogP contribution < -0.4 is 42.6 Å². The molecule has 4 aliphatic rings. The molecule has 3 unspecified atom stereocenters. The number of rotatable bonds is 11. The number of amides is 2. The number of ether oxygens (including phenoxy) is 3. The Balaban J connectivity index is 1.11. The third kappa shape index (κ3) is 6.43. The highest BCUT2D eigenvalue weighted by atomic mass is 16.6. The predicted octanol–water partition coefficient (Wildman–Crippen LogP) is -1.14. The molecule has 17 heteroatoms. The summed E-state index contributed by atoms with van der Waals surface area (Å²) < 4.78 is 16.7. The molecule has 0 aliphatic carbocycles. The van der Waals surface area contributed by atoms with Crippen molar-refractivity contribution in [2.24, 2.45) is 33.1 Å². The summed E-state index contributed by atoms with van der Waals surface area (Å²) >= 11 is 0. The van der Waals surface area contributed by atoms with Crippen molar-refractivity contribution in [1.82, 2.24) is 20.9 Å². The van der Waals surface area contributed by atoms with Crippen molar-refractivity contribution in [1.29, 1.82) is 0 Å². The number of para-hydroxylation sites is 1. The summed E-state index contributed by atoms with van der Waals surface area (Å²) in [7, 11) is 0. The van der Waals surface area contributed by atoms with Crippen molar-refractivity contribution in [3.63, 3.8) is 0 Å². The number of hydrogen-bond acceptors (Lipinski definition) is 15. The molecule has 17 nitrogen and oxygen atoms in total. The molecule has 4 heterocycles. The molecule has 5 atom stereocenters. The summed E-state index contributed by atoms with van der Waals surface area (Å²) in [6.45, 7) is 8.15. The molecule has 2 aromatic rings. The Bertz CT molecular complexity index is 1780. The normalized spacial score (nSPS) is 25.6. The third-order valence-electron chi connectivity index (χ3n) is 10.2. The van der Waals surface area contributed by atoms with Crippen molar-refractivity contribution in [2.75, 3.05) is 32.9 Å². The van der Waals surface area contributed by atoms with Gasteiger partial charge in [0.1, 0.15) is 42.8 Å². The predicted molar refractivity (Wildman–Crippen MR) is 189 cm³/mol. The fourth-order valence-corrected chi connectivity index (χ4v) is 7.11. The first-order valence-electron chi connectivity index (χ1n) is 17.2. The second-order valence-corrected chi connectivity index (χ2v) is 14.5. The Kier molecular flexibility index (Phi) is 9.71. The number of aliphatic imine (C=N–C) groups is 2. The van der Waals surface area contributed by atoms with E-state index in [1.54, 1.807) is 36.4 Å². The molecule has 11 N–H and O–H groups in total.